The molecular formula is C25H27N5O3S. The number of carbonyl (C=O) groups excluding carboxylic acids is 2. The summed E-state index contributed by atoms with van der Waals surface area (Å²) in [4.78, 5) is 37.0. The van der Waals surface area contributed by atoms with Gasteiger partial charge in [0.05, 0.1) is 12.9 Å². The van der Waals surface area contributed by atoms with E-state index in [1.165, 1.54) is 24.4 Å². The number of thioether (sulfide) groups is 1. The largest absolute Gasteiger partial charge is 0.497 e. The fourth-order valence-corrected chi connectivity index (χ4v) is 4.35. The highest BCUT2D eigenvalue weighted by atomic mass is 32.2. The first kappa shape index (κ1) is 23.6. The number of methoxy groups -OCH3 is 1. The number of ether oxygens (including phenoxy) is 1. The third-order valence-electron chi connectivity index (χ3n) is 5.60. The summed E-state index contributed by atoms with van der Waals surface area (Å²) in [5, 5.41) is 3.60. The van der Waals surface area contributed by atoms with Crippen molar-refractivity contribution in [2.75, 3.05) is 54.2 Å². The van der Waals surface area contributed by atoms with E-state index >= 15 is 0 Å². The number of hydrogen-bond acceptors (Lipinski definition) is 8. The minimum atomic E-state index is -0.131. The number of amides is 1. The first-order chi connectivity index (χ1) is 16.5. The molecule has 1 aliphatic heterocycles. The van der Waals surface area contributed by atoms with Crippen LogP contribution in [0.3, 0.4) is 0 Å². The maximum Gasteiger partial charge on any atom is 0.234 e. The van der Waals surface area contributed by atoms with Crippen molar-refractivity contribution >= 4 is 40.6 Å². The summed E-state index contributed by atoms with van der Waals surface area (Å²) in [6.45, 7) is 5.00. The minimum Gasteiger partial charge on any atom is -0.497 e. The van der Waals surface area contributed by atoms with Crippen LogP contribution >= 0.6 is 11.8 Å². The second kappa shape index (κ2) is 11.0. The van der Waals surface area contributed by atoms with Gasteiger partial charge < -0.3 is 19.9 Å². The standard InChI is InChI=1S/C25H27N5O3S/c1-18(31)19-3-5-20(6-4-19)28-24(32)16-34-25-15-23(26-17-27-25)30-13-11-29(12-14-30)21-7-9-22(33-2)10-8-21/h3-10,15,17H,11-14,16H2,1-2H3,(H,28,32). The SMILES string of the molecule is COc1ccc(N2CCN(c3cc(SCC(=O)Nc4ccc(C(C)=O)cc4)ncn3)CC2)cc1. The molecule has 1 fully saturated rings. The van der Waals surface area contributed by atoms with Crippen LogP contribution in [0.25, 0.3) is 0 Å². The Labute approximate surface area is 203 Å². The summed E-state index contributed by atoms with van der Waals surface area (Å²) in [6, 6.07) is 16.9. The van der Waals surface area contributed by atoms with Gasteiger partial charge in [-0.2, -0.15) is 0 Å². The molecule has 3 aromatic rings. The summed E-state index contributed by atoms with van der Waals surface area (Å²) < 4.78 is 5.24. The van der Waals surface area contributed by atoms with Crippen LogP contribution in [0.15, 0.2) is 66.0 Å². The fourth-order valence-electron chi connectivity index (χ4n) is 3.69. The molecule has 4 rings (SSSR count). The van der Waals surface area contributed by atoms with E-state index in [9.17, 15) is 9.59 Å². The van der Waals surface area contributed by atoms with E-state index in [-0.39, 0.29) is 17.4 Å². The lowest BCUT2D eigenvalue weighted by Crippen LogP contribution is -2.46. The Hall–Kier alpha value is -3.59. The lowest BCUT2D eigenvalue weighted by atomic mass is 10.1. The van der Waals surface area contributed by atoms with E-state index in [1.54, 1.807) is 37.7 Å². The van der Waals surface area contributed by atoms with Gasteiger partial charge in [0.1, 0.15) is 22.9 Å². The number of rotatable bonds is 8. The van der Waals surface area contributed by atoms with Crippen LogP contribution in [0.2, 0.25) is 0 Å². The van der Waals surface area contributed by atoms with Gasteiger partial charge in [0.25, 0.3) is 0 Å². The molecule has 0 radical (unpaired) electrons. The van der Waals surface area contributed by atoms with Crippen molar-refractivity contribution < 1.29 is 14.3 Å². The van der Waals surface area contributed by atoms with E-state index in [0.717, 1.165) is 42.8 Å². The number of hydrogen-bond donors (Lipinski definition) is 1. The second-order valence-electron chi connectivity index (χ2n) is 7.86. The van der Waals surface area contributed by atoms with Crippen molar-refractivity contribution in [2.24, 2.45) is 0 Å². The number of carbonyl (C=O) groups is 2. The smallest absolute Gasteiger partial charge is 0.234 e. The Kier molecular flexibility index (Phi) is 7.64. The molecule has 2 aromatic carbocycles. The molecule has 1 aliphatic rings. The van der Waals surface area contributed by atoms with E-state index in [1.807, 2.05) is 18.2 Å². The molecule has 1 amide bonds. The summed E-state index contributed by atoms with van der Waals surface area (Å²) in [6.07, 6.45) is 1.55. The summed E-state index contributed by atoms with van der Waals surface area (Å²) in [5.74, 6) is 1.82. The van der Waals surface area contributed by atoms with Gasteiger partial charge in [-0.05, 0) is 55.5 Å². The van der Waals surface area contributed by atoms with Crippen LogP contribution in [-0.2, 0) is 4.79 Å². The topological polar surface area (TPSA) is 87.7 Å². The number of nitrogens with zero attached hydrogens (tertiary/aromatic N) is 4. The average Bonchev–Trinajstić information content (AvgIpc) is 2.88. The number of aromatic nitrogens is 2. The molecule has 1 N–H and O–H groups in total. The Balaban J connectivity index is 1.28. The molecule has 1 aromatic heterocycles. The summed E-state index contributed by atoms with van der Waals surface area (Å²) in [7, 11) is 1.67. The molecule has 8 nitrogen and oxygen atoms in total. The Bertz CT molecular complexity index is 1130. The zero-order valence-electron chi connectivity index (χ0n) is 19.2. The Morgan fingerprint density at radius 2 is 1.65 bits per heavy atom. The number of benzene rings is 2. The monoisotopic (exact) mass is 477 g/mol. The zero-order valence-corrected chi connectivity index (χ0v) is 20.0. The van der Waals surface area contributed by atoms with E-state index in [4.69, 9.17) is 4.74 Å². The van der Waals surface area contributed by atoms with Crippen LogP contribution in [-0.4, -0.2) is 60.7 Å². The molecule has 2 heterocycles. The van der Waals surface area contributed by atoms with E-state index < -0.39 is 0 Å². The molecule has 0 saturated carbocycles. The van der Waals surface area contributed by atoms with Gasteiger partial charge in [-0.1, -0.05) is 11.8 Å². The Morgan fingerprint density at radius 1 is 0.971 bits per heavy atom. The van der Waals surface area contributed by atoms with Crippen LogP contribution in [0, 0.1) is 0 Å². The maximum atomic E-state index is 12.3. The fraction of sp³-hybridized carbons (Fsp3) is 0.280. The van der Waals surface area contributed by atoms with E-state index in [2.05, 4.69) is 37.2 Å². The number of Topliss-reactive ketones (excluding diaryl/α,β-unsaturated/α-hetero) is 1. The molecule has 0 spiro atoms. The molecule has 0 atom stereocenters. The van der Waals surface area contributed by atoms with E-state index in [0.29, 0.717) is 11.3 Å². The summed E-state index contributed by atoms with van der Waals surface area (Å²) >= 11 is 1.37. The second-order valence-corrected chi connectivity index (χ2v) is 8.85. The number of anilines is 3. The van der Waals surface area contributed by atoms with Crippen molar-refractivity contribution in [3.63, 3.8) is 0 Å². The predicted molar refractivity (Wildman–Crippen MR) is 135 cm³/mol. The van der Waals surface area contributed by atoms with Gasteiger partial charge in [0.15, 0.2) is 5.78 Å². The third-order valence-corrected chi connectivity index (χ3v) is 6.52. The molecule has 0 unspecified atom stereocenters. The van der Waals surface area contributed by atoms with Crippen molar-refractivity contribution in [1.29, 1.82) is 0 Å². The van der Waals surface area contributed by atoms with Crippen LogP contribution in [0.4, 0.5) is 17.2 Å². The van der Waals surface area contributed by atoms with Gasteiger partial charge in [0.2, 0.25) is 5.91 Å². The molecule has 0 aliphatic carbocycles. The van der Waals surface area contributed by atoms with Crippen molar-refractivity contribution in [3.05, 3.63) is 66.5 Å². The third kappa shape index (κ3) is 6.05. The van der Waals surface area contributed by atoms with Crippen molar-refractivity contribution in [3.8, 4) is 5.75 Å². The normalized spacial score (nSPS) is 13.5. The van der Waals surface area contributed by atoms with Crippen molar-refractivity contribution in [2.45, 2.75) is 11.9 Å². The maximum absolute atomic E-state index is 12.3. The Morgan fingerprint density at radius 3 is 2.29 bits per heavy atom. The number of ketones is 1. The van der Waals surface area contributed by atoms with Gasteiger partial charge in [-0.25, -0.2) is 9.97 Å². The van der Waals surface area contributed by atoms with Gasteiger partial charge in [-0.3, -0.25) is 9.59 Å². The lowest BCUT2D eigenvalue weighted by Gasteiger charge is -2.36. The van der Waals surface area contributed by atoms with Crippen LogP contribution in [0.5, 0.6) is 5.75 Å². The van der Waals surface area contributed by atoms with Crippen molar-refractivity contribution in [1.82, 2.24) is 9.97 Å². The van der Waals surface area contributed by atoms with Gasteiger partial charge in [0, 0.05) is 49.2 Å². The highest BCUT2D eigenvalue weighted by Crippen LogP contribution is 2.24. The van der Waals surface area contributed by atoms with Gasteiger partial charge >= 0.3 is 0 Å². The number of piperazine rings is 1. The molecule has 9 heteroatoms. The number of nitrogens with one attached hydrogen (secondary N) is 1. The van der Waals surface area contributed by atoms with Gasteiger partial charge in [-0.15, -0.1) is 0 Å². The molecule has 34 heavy (non-hydrogen) atoms. The highest BCUT2D eigenvalue weighted by molar-refractivity contribution is 7.99. The predicted octanol–water partition coefficient (Wildman–Crippen LogP) is 3.75. The molecule has 1 saturated heterocycles. The van der Waals surface area contributed by atoms with Crippen LogP contribution in [0.1, 0.15) is 17.3 Å². The lowest BCUT2D eigenvalue weighted by molar-refractivity contribution is -0.113. The van der Waals surface area contributed by atoms with Crippen LogP contribution < -0.4 is 19.9 Å². The molecular weight excluding hydrogens is 450 g/mol. The quantitative estimate of drug-likeness (QED) is 0.298. The highest BCUT2D eigenvalue weighted by Gasteiger charge is 2.19. The summed E-state index contributed by atoms with van der Waals surface area (Å²) in [5.41, 5.74) is 2.46. The minimum absolute atomic E-state index is 0.00450. The first-order valence-electron chi connectivity index (χ1n) is 11.0. The zero-order chi connectivity index (χ0) is 23.9. The average molecular weight is 478 g/mol. The molecule has 0 bridgehead atoms. The molecule has 176 valence electrons. The first-order valence-corrected chi connectivity index (χ1v) is 12.0.